The number of hydrogen-bond donors (Lipinski definition) is 1. The van der Waals surface area contributed by atoms with Crippen LogP contribution in [0.15, 0.2) is 18.2 Å². The molecule has 1 amide bonds. The Balaban J connectivity index is 2.04. The number of carbonyl (C=O) groups is 1. The predicted octanol–water partition coefficient (Wildman–Crippen LogP) is 1.57. The molecule has 4 nitrogen and oxygen atoms in total. The van der Waals surface area contributed by atoms with Gasteiger partial charge in [-0.05, 0) is 40.8 Å². The highest BCUT2D eigenvalue weighted by Crippen LogP contribution is 2.34. The first-order valence-electron chi connectivity index (χ1n) is 5.84. The van der Waals surface area contributed by atoms with Crippen LogP contribution < -0.4 is 10.2 Å². The van der Waals surface area contributed by atoms with E-state index < -0.39 is 10.8 Å². The molecule has 3 rings (SSSR count). The highest BCUT2D eigenvalue weighted by atomic mass is 127. The Morgan fingerprint density at radius 2 is 2.28 bits per heavy atom. The molecule has 96 valence electrons. The average molecular weight is 376 g/mol. The van der Waals surface area contributed by atoms with Crippen molar-refractivity contribution in [2.24, 2.45) is 0 Å². The van der Waals surface area contributed by atoms with Gasteiger partial charge in [-0.25, -0.2) is 0 Å². The van der Waals surface area contributed by atoms with E-state index in [-0.39, 0.29) is 11.9 Å². The Hall–Kier alpha value is -0.630. The second-order valence-corrected chi connectivity index (χ2v) is 7.44. The van der Waals surface area contributed by atoms with Crippen molar-refractivity contribution in [3.8, 4) is 0 Å². The van der Waals surface area contributed by atoms with E-state index in [4.69, 9.17) is 0 Å². The van der Waals surface area contributed by atoms with Crippen LogP contribution >= 0.6 is 22.6 Å². The lowest BCUT2D eigenvalue weighted by Gasteiger charge is -2.35. The molecule has 2 aliphatic heterocycles. The standard InChI is InChI=1S/C12H13IN2O2S/c13-8-1-2-11-10(5-8)14-12(16)6-9-7-18(17)4-3-15(9)11/h1-2,5,9H,3-4,6-7H2,(H,14,16). The summed E-state index contributed by atoms with van der Waals surface area (Å²) in [5.41, 5.74) is 1.94. The molecular weight excluding hydrogens is 363 g/mol. The molecule has 0 bridgehead atoms. The highest BCUT2D eigenvalue weighted by molar-refractivity contribution is 14.1. The molecule has 0 saturated carbocycles. The van der Waals surface area contributed by atoms with Crippen molar-refractivity contribution in [3.05, 3.63) is 21.8 Å². The Morgan fingerprint density at radius 3 is 3.11 bits per heavy atom. The fourth-order valence-electron chi connectivity index (χ4n) is 2.53. The Labute approximate surface area is 122 Å². The second-order valence-electron chi connectivity index (χ2n) is 4.57. The third-order valence-electron chi connectivity index (χ3n) is 3.34. The van der Waals surface area contributed by atoms with E-state index in [1.807, 2.05) is 18.2 Å². The zero-order valence-electron chi connectivity index (χ0n) is 9.69. The smallest absolute Gasteiger partial charge is 0.226 e. The van der Waals surface area contributed by atoms with E-state index in [1.165, 1.54) is 0 Å². The largest absolute Gasteiger partial charge is 0.365 e. The van der Waals surface area contributed by atoms with Crippen molar-refractivity contribution >= 4 is 50.7 Å². The summed E-state index contributed by atoms with van der Waals surface area (Å²) < 4.78 is 12.8. The van der Waals surface area contributed by atoms with Crippen molar-refractivity contribution in [2.75, 3.05) is 28.3 Å². The van der Waals surface area contributed by atoms with Crippen molar-refractivity contribution in [1.29, 1.82) is 0 Å². The first-order valence-corrected chi connectivity index (χ1v) is 8.41. The molecule has 6 heteroatoms. The van der Waals surface area contributed by atoms with Gasteiger partial charge < -0.3 is 10.2 Å². The van der Waals surface area contributed by atoms with Gasteiger partial charge in [0, 0.05) is 44.9 Å². The molecule has 1 N–H and O–H groups in total. The van der Waals surface area contributed by atoms with Crippen LogP contribution in [0, 0.1) is 3.57 Å². The SMILES string of the molecule is O=C1CC2CS(=O)CCN2c2ccc(I)cc2N1. The summed E-state index contributed by atoms with van der Waals surface area (Å²) in [6.07, 6.45) is 0.428. The van der Waals surface area contributed by atoms with Crippen LogP contribution in [-0.4, -0.2) is 34.2 Å². The van der Waals surface area contributed by atoms with Crippen molar-refractivity contribution in [1.82, 2.24) is 0 Å². The van der Waals surface area contributed by atoms with E-state index in [0.29, 0.717) is 17.9 Å². The molecule has 1 saturated heterocycles. The fraction of sp³-hybridized carbons (Fsp3) is 0.417. The first kappa shape index (κ1) is 12.4. The Bertz CT molecular complexity index is 535. The number of fused-ring (bicyclic) bond motifs is 3. The minimum absolute atomic E-state index is 0.0182. The van der Waals surface area contributed by atoms with Gasteiger partial charge in [-0.15, -0.1) is 0 Å². The monoisotopic (exact) mass is 376 g/mol. The van der Waals surface area contributed by atoms with Crippen LogP contribution in [0.4, 0.5) is 11.4 Å². The lowest BCUT2D eigenvalue weighted by molar-refractivity contribution is -0.116. The van der Waals surface area contributed by atoms with Crippen molar-refractivity contribution < 1.29 is 9.00 Å². The van der Waals surface area contributed by atoms with Gasteiger partial charge in [0.25, 0.3) is 0 Å². The predicted molar refractivity (Wildman–Crippen MR) is 81.4 cm³/mol. The summed E-state index contributed by atoms with van der Waals surface area (Å²) in [6.45, 7) is 0.764. The third kappa shape index (κ3) is 2.27. The number of nitrogens with zero attached hydrogens (tertiary/aromatic N) is 1. The minimum Gasteiger partial charge on any atom is -0.365 e. The number of nitrogens with one attached hydrogen (secondary N) is 1. The molecule has 0 aromatic heterocycles. The van der Waals surface area contributed by atoms with Crippen LogP contribution in [0.5, 0.6) is 0 Å². The van der Waals surface area contributed by atoms with Crippen molar-refractivity contribution in [3.63, 3.8) is 0 Å². The van der Waals surface area contributed by atoms with Gasteiger partial charge in [0.15, 0.2) is 0 Å². The molecule has 18 heavy (non-hydrogen) atoms. The lowest BCUT2D eigenvalue weighted by Crippen LogP contribution is -2.47. The molecule has 0 spiro atoms. The number of anilines is 2. The van der Waals surface area contributed by atoms with E-state index in [9.17, 15) is 9.00 Å². The van der Waals surface area contributed by atoms with Gasteiger partial charge in [0.1, 0.15) is 0 Å². The van der Waals surface area contributed by atoms with Crippen LogP contribution in [-0.2, 0) is 15.6 Å². The molecule has 2 atom stereocenters. The summed E-state index contributed by atoms with van der Waals surface area (Å²) in [4.78, 5) is 14.1. The molecule has 0 aliphatic carbocycles. The zero-order chi connectivity index (χ0) is 12.7. The maximum absolute atomic E-state index is 11.9. The summed E-state index contributed by atoms with van der Waals surface area (Å²) in [5.74, 6) is 1.30. The lowest BCUT2D eigenvalue weighted by atomic mass is 10.1. The van der Waals surface area contributed by atoms with Gasteiger partial charge in [0.2, 0.25) is 5.91 Å². The third-order valence-corrected chi connectivity index (χ3v) is 5.41. The van der Waals surface area contributed by atoms with E-state index >= 15 is 0 Å². The molecule has 1 fully saturated rings. The number of benzene rings is 1. The minimum atomic E-state index is -0.786. The van der Waals surface area contributed by atoms with Gasteiger partial charge in [-0.1, -0.05) is 0 Å². The van der Waals surface area contributed by atoms with Crippen LogP contribution in [0.25, 0.3) is 0 Å². The zero-order valence-corrected chi connectivity index (χ0v) is 12.7. The van der Waals surface area contributed by atoms with Gasteiger partial charge >= 0.3 is 0 Å². The van der Waals surface area contributed by atoms with Crippen LogP contribution in [0.2, 0.25) is 0 Å². The Kier molecular flexibility index (Phi) is 3.31. The number of amides is 1. The maximum Gasteiger partial charge on any atom is 0.226 e. The maximum atomic E-state index is 11.9. The summed E-state index contributed by atoms with van der Waals surface area (Å²) in [5, 5.41) is 2.95. The number of hydrogen-bond acceptors (Lipinski definition) is 3. The van der Waals surface area contributed by atoms with Gasteiger partial charge in [-0.2, -0.15) is 0 Å². The number of carbonyl (C=O) groups excluding carboxylic acids is 1. The number of halogens is 1. The van der Waals surface area contributed by atoms with Gasteiger partial charge in [0.05, 0.1) is 11.4 Å². The summed E-state index contributed by atoms with van der Waals surface area (Å²) in [6, 6.07) is 6.14. The average Bonchev–Trinajstić information content (AvgIpc) is 2.42. The molecule has 2 aliphatic rings. The molecular formula is C12H13IN2O2S. The van der Waals surface area contributed by atoms with E-state index in [1.54, 1.807) is 0 Å². The fourth-order valence-corrected chi connectivity index (χ4v) is 4.32. The van der Waals surface area contributed by atoms with Crippen molar-refractivity contribution in [2.45, 2.75) is 12.5 Å². The normalized spacial score (nSPS) is 26.9. The van der Waals surface area contributed by atoms with Crippen LogP contribution in [0.1, 0.15) is 6.42 Å². The summed E-state index contributed by atoms with van der Waals surface area (Å²) >= 11 is 2.24. The van der Waals surface area contributed by atoms with Gasteiger partial charge in [-0.3, -0.25) is 9.00 Å². The quantitative estimate of drug-likeness (QED) is 0.700. The Morgan fingerprint density at radius 1 is 1.44 bits per heavy atom. The molecule has 1 aromatic carbocycles. The van der Waals surface area contributed by atoms with E-state index in [0.717, 1.165) is 21.5 Å². The second kappa shape index (κ2) is 4.80. The molecule has 2 unspecified atom stereocenters. The molecule has 2 heterocycles. The van der Waals surface area contributed by atoms with E-state index in [2.05, 4.69) is 32.8 Å². The summed E-state index contributed by atoms with van der Waals surface area (Å²) in [7, 11) is -0.786. The molecule has 1 aromatic rings. The molecule has 0 radical (unpaired) electrons. The number of rotatable bonds is 0. The topological polar surface area (TPSA) is 49.4 Å². The van der Waals surface area contributed by atoms with Crippen LogP contribution in [0.3, 0.4) is 0 Å². The first-order chi connectivity index (χ1) is 8.63. The highest BCUT2D eigenvalue weighted by Gasteiger charge is 2.32.